The first kappa shape index (κ1) is 8.04. The molecule has 1 aromatic heterocycles. The number of aryl methyl sites for hydroxylation is 1. The summed E-state index contributed by atoms with van der Waals surface area (Å²) < 4.78 is 1.80. The molecule has 2 aromatic rings. The predicted octanol–water partition coefficient (Wildman–Crippen LogP) is 1.55. The van der Waals surface area contributed by atoms with Crippen molar-refractivity contribution in [3.05, 3.63) is 18.2 Å². The third kappa shape index (κ3) is 1.24. The number of hydrogen-bond acceptors (Lipinski definition) is 3. The summed E-state index contributed by atoms with van der Waals surface area (Å²) in [7, 11) is 0. The van der Waals surface area contributed by atoms with Crippen LogP contribution >= 0.6 is 0 Å². The Balaban J connectivity index is 2.61. The lowest BCUT2D eigenvalue weighted by atomic mass is 10.3. The fraction of sp³-hybridized carbons (Fsp3) is 0.333. The summed E-state index contributed by atoms with van der Waals surface area (Å²) in [5, 5.41) is 17.3. The minimum atomic E-state index is 0.194. The third-order valence-corrected chi connectivity index (χ3v) is 1.96. The molecule has 0 aliphatic heterocycles. The van der Waals surface area contributed by atoms with Crippen LogP contribution in [0.15, 0.2) is 18.2 Å². The van der Waals surface area contributed by atoms with E-state index in [1.165, 1.54) is 0 Å². The van der Waals surface area contributed by atoms with Crippen LogP contribution in [0.4, 0.5) is 0 Å². The van der Waals surface area contributed by atoms with Crippen molar-refractivity contribution in [2.75, 3.05) is 0 Å². The Morgan fingerprint density at radius 1 is 1.46 bits per heavy atom. The van der Waals surface area contributed by atoms with Crippen molar-refractivity contribution in [3.63, 3.8) is 0 Å². The van der Waals surface area contributed by atoms with Gasteiger partial charge in [0.25, 0.3) is 0 Å². The predicted molar refractivity (Wildman–Crippen MR) is 49.5 cm³/mol. The molecule has 13 heavy (non-hydrogen) atoms. The molecule has 2 rings (SSSR count). The van der Waals surface area contributed by atoms with Crippen LogP contribution in [0.3, 0.4) is 0 Å². The molecule has 0 bridgehead atoms. The van der Waals surface area contributed by atoms with Gasteiger partial charge in [0, 0.05) is 6.54 Å². The zero-order valence-corrected chi connectivity index (χ0v) is 7.44. The highest BCUT2D eigenvalue weighted by molar-refractivity contribution is 5.80. The number of nitrogens with zero attached hydrogens (tertiary/aromatic N) is 3. The van der Waals surface area contributed by atoms with E-state index in [0.717, 1.165) is 18.5 Å². The van der Waals surface area contributed by atoms with Crippen LogP contribution in [0.2, 0.25) is 0 Å². The number of hydrogen-bond donors (Lipinski definition) is 1. The number of phenolic OH excluding ortho intramolecular Hbond substituents is 1. The molecule has 0 radical (unpaired) electrons. The molecule has 1 heterocycles. The van der Waals surface area contributed by atoms with Gasteiger partial charge in [-0.2, -0.15) is 0 Å². The van der Waals surface area contributed by atoms with E-state index in [1.54, 1.807) is 16.8 Å². The minimum absolute atomic E-state index is 0.194. The molecule has 0 unspecified atom stereocenters. The SMILES string of the molecule is CCCn1nnc2c(O)cccc21. The van der Waals surface area contributed by atoms with E-state index in [2.05, 4.69) is 17.2 Å². The average Bonchev–Trinajstić information content (AvgIpc) is 2.51. The van der Waals surface area contributed by atoms with Gasteiger partial charge in [-0.25, -0.2) is 4.68 Å². The third-order valence-electron chi connectivity index (χ3n) is 1.96. The fourth-order valence-corrected chi connectivity index (χ4v) is 1.35. The highest BCUT2D eigenvalue weighted by atomic mass is 16.3. The van der Waals surface area contributed by atoms with Crippen LogP contribution in [0, 0.1) is 0 Å². The van der Waals surface area contributed by atoms with Crippen molar-refractivity contribution in [2.24, 2.45) is 0 Å². The Morgan fingerprint density at radius 2 is 2.31 bits per heavy atom. The molecule has 0 saturated heterocycles. The molecule has 4 heteroatoms. The van der Waals surface area contributed by atoms with Crippen LogP contribution in [-0.4, -0.2) is 20.1 Å². The summed E-state index contributed by atoms with van der Waals surface area (Å²) in [5.41, 5.74) is 1.47. The summed E-state index contributed by atoms with van der Waals surface area (Å²) >= 11 is 0. The quantitative estimate of drug-likeness (QED) is 0.757. The van der Waals surface area contributed by atoms with Crippen molar-refractivity contribution < 1.29 is 5.11 Å². The van der Waals surface area contributed by atoms with Gasteiger partial charge in [-0.3, -0.25) is 0 Å². The first-order chi connectivity index (χ1) is 6.33. The van der Waals surface area contributed by atoms with Crippen molar-refractivity contribution >= 4 is 11.0 Å². The van der Waals surface area contributed by atoms with E-state index < -0.39 is 0 Å². The van der Waals surface area contributed by atoms with E-state index in [9.17, 15) is 5.11 Å². The van der Waals surface area contributed by atoms with E-state index in [0.29, 0.717) is 5.52 Å². The van der Waals surface area contributed by atoms with Crippen molar-refractivity contribution in [1.82, 2.24) is 15.0 Å². The molecule has 0 saturated carbocycles. The van der Waals surface area contributed by atoms with Crippen LogP contribution in [0.1, 0.15) is 13.3 Å². The summed E-state index contributed by atoms with van der Waals surface area (Å²) in [6.07, 6.45) is 1.01. The van der Waals surface area contributed by atoms with Crippen LogP contribution in [0.25, 0.3) is 11.0 Å². The Morgan fingerprint density at radius 3 is 3.08 bits per heavy atom. The normalized spacial score (nSPS) is 10.8. The van der Waals surface area contributed by atoms with Crippen molar-refractivity contribution in [3.8, 4) is 5.75 Å². The maximum absolute atomic E-state index is 9.44. The van der Waals surface area contributed by atoms with Gasteiger partial charge in [0.05, 0.1) is 5.52 Å². The number of aromatic nitrogens is 3. The Bertz CT molecular complexity index is 422. The lowest BCUT2D eigenvalue weighted by Gasteiger charge is -1.97. The zero-order chi connectivity index (χ0) is 9.26. The molecular weight excluding hydrogens is 166 g/mol. The Hall–Kier alpha value is -1.58. The monoisotopic (exact) mass is 177 g/mol. The van der Waals surface area contributed by atoms with Crippen LogP contribution in [0.5, 0.6) is 5.75 Å². The molecule has 4 nitrogen and oxygen atoms in total. The first-order valence-electron chi connectivity index (χ1n) is 4.34. The molecule has 1 N–H and O–H groups in total. The number of phenols is 1. The van der Waals surface area contributed by atoms with Crippen molar-refractivity contribution in [1.29, 1.82) is 0 Å². The lowest BCUT2D eigenvalue weighted by molar-refractivity contribution is 0.480. The van der Waals surface area contributed by atoms with Crippen molar-refractivity contribution in [2.45, 2.75) is 19.9 Å². The second kappa shape index (κ2) is 3.05. The van der Waals surface area contributed by atoms with E-state index >= 15 is 0 Å². The molecule has 0 atom stereocenters. The largest absolute Gasteiger partial charge is 0.506 e. The zero-order valence-electron chi connectivity index (χ0n) is 7.44. The number of rotatable bonds is 2. The lowest BCUT2D eigenvalue weighted by Crippen LogP contribution is -1.98. The molecule has 1 aromatic carbocycles. The van der Waals surface area contributed by atoms with Gasteiger partial charge in [0.1, 0.15) is 5.75 Å². The van der Waals surface area contributed by atoms with E-state index in [1.807, 2.05) is 6.07 Å². The number of fused-ring (bicyclic) bond motifs is 1. The second-order valence-electron chi connectivity index (χ2n) is 2.96. The summed E-state index contributed by atoms with van der Waals surface area (Å²) in [5.74, 6) is 0.194. The van der Waals surface area contributed by atoms with Crippen LogP contribution in [-0.2, 0) is 6.54 Å². The highest BCUT2D eigenvalue weighted by Crippen LogP contribution is 2.21. The first-order valence-corrected chi connectivity index (χ1v) is 4.34. The van der Waals surface area contributed by atoms with Gasteiger partial charge in [-0.1, -0.05) is 18.2 Å². The number of aromatic hydroxyl groups is 1. The highest BCUT2D eigenvalue weighted by Gasteiger charge is 2.06. The van der Waals surface area contributed by atoms with Gasteiger partial charge in [0.2, 0.25) is 0 Å². The van der Waals surface area contributed by atoms with E-state index in [4.69, 9.17) is 0 Å². The van der Waals surface area contributed by atoms with Gasteiger partial charge < -0.3 is 5.11 Å². The topological polar surface area (TPSA) is 50.9 Å². The summed E-state index contributed by atoms with van der Waals surface area (Å²) in [6.45, 7) is 2.91. The maximum atomic E-state index is 9.44. The molecular formula is C9H11N3O. The Kier molecular flexibility index (Phi) is 1.88. The van der Waals surface area contributed by atoms with Gasteiger partial charge >= 0.3 is 0 Å². The van der Waals surface area contributed by atoms with E-state index in [-0.39, 0.29) is 5.75 Å². The van der Waals surface area contributed by atoms with Crippen LogP contribution < -0.4 is 0 Å². The van der Waals surface area contributed by atoms with Gasteiger partial charge in [-0.05, 0) is 18.6 Å². The molecule has 0 aliphatic carbocycles. The summed E-state index contributed by atoms with van der Waals surface area (Å²) in [6, 6.07) is 5.32. The summed E-state index contributed by atoms with van der Waals surface area (Å²) in [4.78, 5) is 0. The number of benzene rings is 1. The fourth-order valence-electron chi connectivity index (χ4n) is 1.35. The second-order valence-corrected chi connectivity index (χ2v) is 2.96. The Labute approximate surface area is 75.8 Å². The average molecular weight is 177 g/mol. The molecule has 0 fully saturated rings. The van der Waals surface area contributed by atoms with Gasteiger partial charge in [-0.15, -0.1) is 5.10 Å². The molecule has 0 amide bonds. The minimum Gasteiger partial charge on any atom is -0.506 e. The molecule has 68 valence electrons. The standard InChI is InChI=1S/C9H11N3O/c1-2-6-12-7-4-3-5-8(13)9(7)10-11-12/h3-5,13H,2,6H2,1H3. The molecule has 0 spiro atoms. The maximum Gasteiger partial charge on any atom is 0.154 e. The molecule has 0 aliphatic rings. The van der Waals surface area contributed by atoms with Gasteiger partial charge in [0.15, 0.2) is 5.52 Å². The smallest absolute Gasteiger partial charge is 0.154 e.